The third-order valence-electron chi connectivity index (χ3n) is 2.87. The van der Waals surface area contributed by atoms with Crippen LogP contribution in [0.2, 0.25) is 0 Å². The van der Waals surface area contributed by atoms with Crippen molar-refractivity contribution < 1.29 is 13.2 Å². The van der Waals surface area contributed by atoms with Gasteiger partial charge in [-0.3, -0.25) is 5.32 Å². The second-order valence-corrected chi connectivity index (χ2v) is 4.37. The van der Waals surface area contributed by atoms with Crippen molar-refractivity contribution in [2.75, 3.05) is 0 Å². The number of halogens is 3. The van der Waals surface area contributed by atoms with Crippen molar-refractivity contribution in [1.29, 1.82) is 0 Å². The number of aromatic nitrogens is 1. The molecule has 0 saturated heterocycles. The number of alkyl halides is 3. The molecule has 1 aromatic heterocycles. The molecule has 0 spiro atoms. The zero-order valence-electron chi connectivity index (χ0n) is 9.96. The Kier molecular flexibility index (Phi) is 3.91. The molecule has 1 unspecified atom stereocenters. The van der Waals surface area contributed by atoms with Crippen molar-refractivity contribution in [2.24, 2.45) is 0 Å². The van der Waals surface area contributed by atoms with Crippen molar-refractivity contribution >= 4 is 10.9 Å². The monoisotopic (exact) mass is 256 g/mol. The first-order valence-corrected chi connectivity index (χ1v) is 5.81. The summed E-state index contributed by atoms with van der Waals surface area (Å²) in [6.45, 7) is 1.69. The van der Waals surface area contributed by atoms with Crippen molar-refractivity contribution in [1.82, 2.24) is 10.3 Å². The normalized spacial score (nSPS) is 15.2. The molecular weight excluding hydrogens is 241 g/mol. The van der Waals surface area contributed by atoms with Crippen molar-refractivity contribution in [2.45, 2.75) is 32.1 Å². The lowest BCUT2D eigenvalue weighted by Crippen LogP contribution is -2.39. The van der Waals surface area contributed by atoms with Crippen LogP contribution < -0.4 is 5.32 Å². The van der Waals surface area contributed by atoms with E-state index in [4.69, 9.17) is 0 Å². The quantitative estimate of drug-likeness (QED) is 0.790. The highest BCUT2D eigenvalue weighted by molar-refractivity contribution is 5.83. The molecule has 0 amide bonds. The van der Waals surface area contributed by atoms with E-state index in [1.165, 1.54) is 0 Å². The largest absolute Gasteiger partial charge is 0.361 e. The van der Waals surface area contributed by atoms with Crippen LogP contribution in [0.1, 0.15) is 12.5 Å². The van der Waals surface area contributed by atoms with Gasteiger partial charge in [-0.25, -0.2) is 13.2 Å². The molecule has 1 heterocycles. The van der Waals surface area contributed by atoms with Crippen LogP contribution in [0.25, 0.3) is 10.9 Å². The molecule has 0 aliphatic rings. The van der Waals surface area contributed by atoms with E-state index in [1.54, 1.807) is 6.92 Å². The number of H-pyrrole nitrogens is 1. The first-order chi connectivity index (χ1) is 8.58. The summed E-state index contributed by atoms with van der Waals surface area (Å²) in [5.41, 5.74) is 1.98. The molecule has 0 saturated carbocycles. The number of aromatic amines is 1. The maximum absolute atomic E-state index is 12.8. The number of hydrogen-bond donors (Lipinski definition) is 2. The number of rotatable bonds is 5. The fourth-order valence-corrected chi connectivity index (χ4v) is 2.03. The van der Waals surface area contributed by atoms with Crippen LogP contribution in [0.3, 0.4) is 0 Å². The second-order valence-electron chi connectivity index (χ2n) is 4.37. The molecule has 2 N–H and O–H groups in total. The number of nitrogens with one attached hydrogen (secondary N) is 2. The first-order valence-electron chi connectivity index (χ1n) is 5.81. The third-order valence-corrected chi connectivity index (χ3v) is 2.87. The Hall–Kier alpha value is -1.49. The lowest BCUT2D eigenvalue weighted by Gasteiger charge is -2.16. The van der Waals surface area contributed by atoms with Crippen LogP contribution in [0, 0.1) is 0 Å². The van der Waals surface area contributed by atoms with Gasteiger partial charge in [-0.1, -0.05) is 18.2 Å². The van der Waals surface area contributed by atoms with Crippen LogP contribution in [-0.2, 0) is 6.42 Å². The summed E-state index contributed by atoms with van der Waals surface area (Å²) in [5, 5.41) is 3.29. The maximum Gasteiger partial charge on any atom is 0.282 e. The minimum atomic E-state index is -2.99. The van der Waals surface area contributed by atoms with Gasteiger partial charge < -0.3 is 4.98 Å². The van der Waals surface area contributed by atoms with Gasteiger partial charge in [0.05, 0.1) is 0 Å². The van der Waals surface area contributed by atoms with Gasteiger partial charge in [0.2, 0.25) is 6.30 Å². The summed E-state index contributed by atoms with van der Waals surface area (Å²) >= 11 is 0. The van der Waals surface area contributed by atoms with Crippen LogP contribution >= 0.6 is 0 Å². The summed E-state index contributed by atoms with van der Waals surface area (Å²) in [5.74, 6) is 0. The molecule has 0 radical (unpaired) electrons. The topological polar surface area (TPSA) is 27.8 Å². The molecule has 2 atom stereocenters. The second kappa shape index (κ2) is 5.44. The number of para-hydroxylation sites is 1. The maximum atomic E-state index is 12.8. The lowest BCUT2D eigenvalue weighted by molar-refractivity contribution is 0.0251. The Bertz CT molecular complexity index is 510. The highest BCUT2D eigenvalue weighted by Crippen LogP contribution is 2.19. The third kappa shape index (κ3) is 2.85. The van der Waals surface area contributed by atoms with Gasteiger partial charge in [0.15, 0.2) is 0 Å². The molecule has 2 rings (SSSR count). The Morgan fingerprint density at radius 1 is 1.22 bits per heavy atom. The van der Waals surface area contributed by atoms with Crippen molar-refractivity contribution in [3.63, 3.8) is 0 Å². The highest BCUT2D eigenvalue weighted by Gasteiger charge is 2.21. The molecule has 5 heteroatoms. The summed E-state index contributed by atoms with van der Waals surface area (Å²) < 4.78 is 37.0. The summed E-state index contributed by atoms with van der Waals surface area (Å²) in [6.07, 6.45) is -2.93. The average molecular weight is 256 g/mol. The van der Waals surface area contributed by atoms with Crippen LogP contribution in [0.15, 0.2) is 30.5 Å². The van der Waals surface area contributed by atoms with Gasteiger partial charge >= 0.3 is 0 Å². The molecule has 98 valence electrons. The van der Waals surface area contributed by atoms with Gasteiger partial charge in [0.25, 0.3) is 6.43 Å². The number of benzene rings is 1. The molecule has 0 aliphatic heterocycles. The predicted molar refractivity (Wildman–Crippen MR) is 65.5 cm³/mol. The summed E-state index contributed by atoms with van der Waals surface area (Å²) in [7, 11) is 0. The van der Waals surface area contributed by atoms with E-state index in [0.29, 0.717) is 6.42 Å². The van der Waals surface area contributed by atoms with Gasteiger partial charge in [0.1, 0.15) is 0 Å². The summed E-state index contributed by atoms with van der Waals surface area (Å²) in [4.78, 5) is 3.10. The molecule has 0 aliphatic carbocycles. The zero-order valence-corrected chi connectivity index (χ0v) is 9.96. The molecule has 2 aromatic rings. The van der Waals surface area contributed by atoms with E-state index in [-0.39, 0.29) is 6.04 Å². The molecule has 18 heavy (non-hydrogen) atoms. The standard InChI is InChI=1S/C13H15F3N2/c1-8(18-13(16)12(14)15)6-9-7-17-11-5-3-2-4-10(9)11/h2-5,7-8,12-13,17-18H,6H2,1H3/t8-,13?/m1/s1. The lowest BCUT2D eigenvalue weighted by atomic mass is 10.1. The van der Waals surface area contributed by atoms with Crippen molar-refractivity contribution in [3.8, 4) is 0 Å². The van der Waals surface area contributed by atoms with E-state index >= 15 is 0 Å². The molecule has 1 aromatic carbocycles. The zero-order chi connectivity index (χ0) is 13.1. The Balaban J connectivity index is 2.05. The van der Waals surface area contributed by atoms with Gasteiger partial charge in [-0.15, -0.1) is 0 Å². The highest BCUT2D eigenvalue weighted by atomic mass is 19.3. The fourth-order valence-electron chi connectivity index (χ4n) is 2.03. The molecule has 2 nitrogen and oxygen atoms in total. The SMILES string of the molecule is C[C@H](Cc1c[nH]c2ccccc12)NC(F)C(F)F. The molecule has 0 fully saturated rings. The van der Waals surface area contributed by atoms with E-state index < -0.39 is 12.7 Å². The predicted octanol–water partition coefficient (Wildman–Crippen LogP) is 3.25. The van der Waals surface area contributed by atoms with Crippen LogP contribution in [0.4, 0.5) is 13.2 Å². The summed E-state index contributed by atoms with van der Waals surface area (Å²) in [6, 6.07) is 7.36. The minimum Gasteiger partial charge on any atom is -0.361 e. The number of fused-ring (bicyclic) bond motifs is 1. The van der Waals surface area contributed by atoms with Gasteiger partial charge in [0, 0.05) is 23.1 Å². The van der Waals surface area contributed by atoms with E-state index in [2.05, 4.69) is 10.3 Å². The molecular formula is C13H15F3N2. The number of hydrogen-bond acceptors (Lipinski definition) is 1. The Morgan fingerprint density at radius 3 is 2.67 bits per heavy atom. The van der Waals surface area contributed by atoms with Gasteiger partial charge in [-0.2, -0.15) is 0 Å². The molecule has 0 bridgehead atoms. The van der Waals surface area contributed by atoms with Crippen molar-refractivity contribution in [3.05, 3.63) is 36.0 Å². The van der Waals surface area contributed by atoms with Crippen LogP contribution in [0.5, 0.6) is 0 Å². The Morgan fingerprint density at radius 2 is 1.94 bits per heavy atom. The average Bonchev–Trinajstić information content (AvgIpc) is 2.72. The minimum absolute atomic E-state index is 0.354. The van der Waals surface area contributed by atoms with E-state index in [0.717, 1.165) is 16.5 Å². The fraction of sp³-hybridized carbons (Fsp3) is 0.385. The van der Waals surface area contributed by atoms with E-state index in [9.17, 15) is 13.2 Å². The van der Waals surface area contributed by atoms with E-state index in [1.807, 2.05) is 30.5 Å². The van der Waals surface area contributed by atoms with Crippen LogP contribution in [-0.4, -0.2) is 23.7 Å². The van der Waals surface area contributed by atoms with Gasteiger partial charge in [-0.05, 0) is 25.0 Å². The smallest absolute Gasteiger partial charge is 0.282 e. The first kappa shape index (κ1) is 13.0. The Labute approximate surface area is 103 Å².